The number of hydrogen-bond acceptors (Lipinski definition) is 1. The number of hydrogen-bond donors (Lipinski definition) is 0. The summed E-state index contributed by atoms with van der Waals surface area (Å²) in [6.45, 7) is 0. The van der Waals surface area contributed by atoms with Gasteiger partial charge in [0.05, 0.1) is 0 Å². The van der Waals surface area contributed by atoms with Crippen molar-refractivity contribution in [2.75, 3.05) is 0 Å². The van der Waals surface area contributed by atoms with E-state index in [1.807, 2.05) is 11.3 Å². The van der Waals surface area contributed by atoms with Crippen LogP contribution in [0.15, 0.2) is 146 Å². The Balaban J connectivity index is 1.23. The van der Waals surface area contributed by atoms with Crippen molar-refractivity contribution in [1.29, 1.82) is 0 Å². The molecule has 1 heterocycles. The maximum Gasteiger partial charge on any atom is 0.0433 e. The van der Waals surface area contributed by atoms with E-state index >= 15 is 0 Å². The lowest BCUT2D eigenvalue weighted by Gasteiger charge is -2.11. The smallest absolute Gasteiger partial charge is 0.0433 e. The second-order valence-electron chi connectivity index (χ2n) is 10.2. The van der Waals surface area contributed by atoms with Gasteiger partial charge in [0, 0.05) is 20.2 Å². The van der Waals surface area contributed by atoms with Crippen LogP contribution < -0.4 is 0 Å². The minimum absolute atomic E-state index is 1.23. The summed E-state index contributed by atoms with van der Waals surface area (Å²) in [6, 6.07) is 53.3. The fourth-order valence-corrected chi connectivity index (χ4v) is 7.14. The van der Waals surface area contributed by atoms with Gasteiger partial charge in [-0.3, -0.25) is 0 Å². The summed E-state index contributed by atoms with van der Waals surface area (Å²) in [7, 11) is 0. The summed E-state index contributed by atoms with van der Waals surface area (Å²) in [5.74, 6) is 0. The first-order chi connectivity index (χ1) is 19.3. The van der Waals surface area contributed by atoms with Crippen molar-refractivity contribution in [3.63, 3.8) is 0 Å². The monoisotopic (exact) mass is 512 g/mol. The zero-order valence-electron chi connectivity index (χ0n) is 21.3. The van der Waals surface area contributed by atoms with Crippen LogP contribution in [0.4, 0.5) is 0 Å². The zero-order valence-corrected chi connectivity index (χ0v) is 22.1. The molecule has 0 N–H and O–H groups in total. The second-order valence-corrected chi connectivity index (χ2v) is 11.2. The Morgan fingerprint density at radius 1 is 0.333 bits per heavy atom. The molecular weight excluding hydrogens is 488 g/mol. The van der Waals surface area contributed by atoms with E-state index in [9.17, 15) is 0 Å². The summed E-state index contributed by atoms with van der Waals surface area (Å²) < 4.78 is 2.69. The van der Waals surface area contributed by atoms with Crippen molar-refractivity contribution in [3.8, 4) is 33.4 Å². The van der Waals surface area contributed by atoms with Crippen LogP contribution in [0.25, 0.3) is 75.1 Å². The van der Waals surface area contributed by atoms with Crippen LogP contribution in [0, 0.1) is 0 Å². The Bertz CT molecular complexity index is 2180. The van der Waals surface area contributed by atoms with Crippen molar-refractivity contribution >= 4 is 53.1 Å². The molecule has 1 aromatic heterocycles. The fourth-order valence-electron chi connectivity index (χ4n) is 5.90. The highest BCUT2D eigenvalue weighted by atomic mass is 32.1. The maximum atomic E-state index is 2.34. The summed E-state index contributed by atoms with van der Waals surface area (Å²) in [5.41, 5.74) is 7.50. The molecule has 1 heteroatoms. The van der Waals surface area contributed by atoms with E-state index in [1.165, 1.54) is 75.1 Å². The predicted molar refractivity (Wildman–Crippen MR) is 171 cm³/mol. The molecule has 0 fully saturated rings. The number of fused-ring (bicyclic) bond motifs is 6. The molecular formula is C38H24S. The third kappa shape index (κ3) is 3.74. The highest BCUT2D eigenvalue weighted by Gasteiger charge is 2.11. The Morgan fingerprint density at radius 3 is 1.72 bits per heavy atom. The van der Waals surface area contributed by atoms with Crippen LogP contribution in [0.3, 0.4) is 0 Å². The first-order valence-electron chi connectivity index (χ1n) is 13.3. The summed E-state index contributed by atoms with van der Waals surface area (Å²) in [5, 5.41) is 7.83. The number of rotatable bonds is 3. The van der Waals surface area contributed by atoms with Gasteiger partial charge in [0.1, 0.15) is 0 Å². The quantitative estimate of drug-likeness (QED) is 0.207. The Morgan fingerprint density at radius 2 is 0.897 bits per heavy atom. The summed E-state index contributed by atoms with van der Waals surface area (Å²) >= 11 is 1.89. The van der Waals surface area contributed by atoms with Gasteiger partial charge in [0.15, 0.2) is 0 Å². The average Bonchev–Trinajstić information content (AvgIpc) is 3.40. The topological polar surface area (TPSA) is 0 Å². The third-order valence-corrected chi connectivity index (χ3v) is 9.07. The predicted octanol–water partition coefficient (Wildman–Crippen LogP) is 11.4. The van der Waals surface area contributed by atoms with E-state index in [0.717, 1.165) is 0 Å². The van der Waals surface area contributed by atoms with E-state index in [1.54, 1.807) is 0 Å². The molecule has 8 rings (SSSR count). The largest absolute Gasteiger partial charge is 0.135 e. The van der Waals surface area contributed by atoms with E-state index in [0.29, 0.717) is 0 Å². The van der Waals surface area contributed by atoms with Crippen molar-refractivity contribution in [1.82, 2.24) is 0 Å². The lowest BCUT2D eigenvalue weighted by atomic mass is 9.94. The summed E-state index contributed by atoms with van der Waals surface area (Å²) in [4.78, 5) is 0. The minimum Gasteiger partial charge on any atom is -0.135 e. The van der Waals surface area contributed by atoms with Crippen molar-refractivity contribution in [2.24, 2.45) is 0 Å². The van der Waals surface area contributed by atoms with Crippen LogP contribution in [0.1, 0.15) is 0 Å². The van der Waals surface area contributed by atoms with Gasteiger partial charge in [-0.15, -0.1) is 11.3 Å². The molecule has 0 unspecified atom stereocenters. The van der Waals surface area contributed by atoms with Crippen LogP contribution in [-0.4, -0.2) is 0 Å². The van der Waals surface area contributed by atoms with E-state index < -0.39 is 0 Å². The van der Waals surface area contributed by atoms with Gasteiger partial charge in [0.2, 0.25) is 0 Å². The molecule has 8 aromatic rings. The molecule has 0 aliphatic heterocycles. The molecule has 0 aliphatic carbocycles. The molecule has 0 radical (unpaired) electrons. The van der Waals surface area contributed by atoms with Crippen LogP contribution in [0.5, 0.6) is 0 Å². The van der Waals surface area contributed by atoms with Crippen molar-refractivity contribution in [3.05, 3.63) is 146 Å². The molecule has 182 valence electrons. The van der Waals surface area contributed by atoms with Crippen LogP contribution in [-0.2, 0) is 0 Å². The number of benzene rings is 7. The van der Waals surface area contributed by atoms with Gasteiger partial charge in [0.25, 0.3) is 0 Å². The van der Waals surface area contributed by atoms with Crippen molar-refractivity contribution < 1.29 is 0 Å². The lowest BCUT2D eigenvalue weighted by Crippen LogP contribution is -1.85. The first-order valence-corrected chi connectivity index (χ1v) is 14.2. The van der Waals surface area contributed by atoms with E-state index in [4.69, 9.17) is 0 Å². The third-order valence-electron chi connectivity index (χ3n) is 7.85. The van der Waals surface area contributed by atoms with Crippen LogP contribution >= 0.6 is 11.3 Å². The SMILES string of the molecule is c1cc(-c2cccc(-c3cccc4c3sc3ccccc34)c2)cc(-c2ccc3ccc4ccccc4c3c2)c1. The Hall–Kier alpha value is -4.72. The van der Waals surface area contributed by atoms with E-state index in [2.05, 4.69) is 146 Å². The standard InChI is InChI=1S/C38H24S/c1-2-13-32-25(8-1)18-19-26-20-21-30(24-36(26)32)28-10-5-9-27(22-28)29-11-6-12-31(23-29)33-15-7-16-35-34-14-3-4-17-37(34)39-38(33)35/h1-24H. The van der Waals surface area contributed by atoms with Gasteiger partial charge in [-0.1, -0.05) is 121 Å². The first kappa shape index (κ1) is 22.3. The normalized spacial score (nSPS) is 11.6. The van der Waals surface area contributed by atoms with Gasteiger partial charge in [-0.2, -0.15) is 0 Å². The Labute approximate surface area is 231 Å². The molecule has 0 aliphatic rings. The maximum absolute atomic E-state index is 2.34. The zero-order chi connectivity index (χ0) is 25.8. The molecule has 7 aromatic carbocycles. The fraction of sp³-hybridized carbons (Fsp3) is 0. The highest BCUT2D eigenvalue weighted by molar-refractivity contribution is 7.26. The molecule has 0 saturated carbocycles. The van der Waals surface area contributed by atoms with E-state index in [-0.39, 0.29) is 0 Å². The van der Waals surface area contributed by atoms with Gasteiger partial charge < -0.3 is 0 Å². The van der Waals surface area contributed by atoms with Gasteiger partial charge in [-0.05, 0) is 79.2 Å². The molecule has 0 nitrogen and oxygen atoms in total. The average molecular weight is 513 g/mol. The lowest BCUT2D eigenvalue weighted by molar-refractivity contribution is 1.59. The molecule has 0 bridgehead atoms. The molecule has 0 saturated heterocycles. The number of thiophene rings is 1. The van der Waals surface area contributed by atoms with Crippen molar-refractivity contribution in [2.45, 2.75) is 0 Å². The highest BCUT2D eigenvalue weighted by Crippen LogP contribution is 2.40. The molecule has 0 amide bonds. The molecule has 0 atom stereocenters. The molecule has 0 spiro atoms. The Kier molecular flexibility index (Phi) is 5.11. The molecule has 39 heavy (non-hydrogen) atoms. The summed E-state index contributed by atoms with van der Waals surface area (Å²) in [6.07, 6.45) is 0. The second kappa shape index (κ2) is 8.94. The van der Waals surface area contributed by atoms with Crippen LogP contribution in [0.2, 0.25) is 0 Å². The van der Waals surface area contributed by atoms with Gasteiger partial charge >= 0.3 is 0 Å². The minimum atomic E-state index is 1.23. The van der Waals surface area contributed by atoms with Gasteiger partial charge in [-0.25, -0.2) is 0 Å².